The molecule has 1 aromatic carbocycles. The number of rotatable bonds is 6. The summed E-state index contributed by atoms with van der Waals surface area (Å²) in [6.07, 6.45) is 3.31. The summed E-state index contributed by atoms with van der Waals surface area (Å²) in [5.41, 5.74) is 2.17. The fourth-order valence-corrected chi connectivity index (χ4v) is 3.56. The summed E-state index contributed by atoms with van der Waals surface area (Å²) in [6.45, 7) is 5.99. The van der Waals surface area contributed by atoms with Crippen LogP contribution in [0.2, 0.25) is 0 Å². The number of fused-ring (bicyclic) bond motifs is 3. The minimum atomic E-state index is -0.250. The Balaban J connectivity index is 1.52. The van der Waals surface area contributed by atoms with Gasteiger partial charge in [0.15, 0.2) is 5.65 Å². The van der Waals surface area contributed by atoms with Crippen LogP contribution in [0, 0.1) is 6.92 Å². The van der Waals surface area contributed by atoms with Gasteiger partial charge >= 0.3 is 5.69 Å². The average Bonchev–Trinajstić information content (AvgIpc) is 3.31. The highest BCUT2D eigenvalue weighted by Gasteiger charge is 2.17. The molecule has 1 N–H and O–H groups in total. The van der Waals surface area contributed by atoms with Crippen LogP contribution in [0.15, 0.2) is 47.8 Å². The van der Waals surface area contributed by atoms with E-state index in [9.17, 15) is 9.59 Å². The van der Waals surface area contributed by atoms with Crippen molar-refractivity contribution in [2.24, 2.45) is 0 Å². The molecule has 0 saturated heterocycles. The Kier molecular flexibility index (Phi) is 4.87. The Morgan fingerprint density at radius 2 is 2.03 bits per heavy atom. The zero-order valence-corrected chi connectivity index (χ0v) is 16.6. The molecule has 4 rings (SSSR count). The third kappa shape index (κ3) is 3.63. The quantitative estimate of drug-likeness (QED) is 0.538. The second kappa shape index (κ2) is 7.50. The molecule has 0 bridgehead atoms. The maximum atomic E-state index is 13.0. The molecule has 0 fully saturated rings. The van der Waals surface area contributed by atoms with Gasteiger partial charge in [0.05, 0.1) is 18.1 Å². The predicted octanol–water partition coefficient (Wildman–Crippen LogP) is 1.71. The number of benzene rings is 1. The lowest BCUT2D eigenvalue weighted by Gasteiger charge is -2.16. The summed E-state index contributed by atoms with van der Waals surface area (Å²) < 4.78 is 4.69. The number of hydrogen-bond acceptors (Lipinski definition) is 5. The second-order valence-electron chi connectivity index (χ2n) is 7.41. The zero-order chi connectivity index (χ0) is 20.5. The number of nitrogens with zero attached hydrogens (tertiary/aromatic N) is 6. The van der Waals surface area contributed by atoms with Crippen LogP contribution >= 0.6 is 0 Å². The summed E-state index contributed by atoms with van der Waals surface area (Å²) in [4.78, 5) is 29.2. The lowest BCUT2D eigenvalue weighted by atomic mass is 10.1. The number of aromatic nitrogens is 6. The largest absolute Gasteiger partial charge is 0.352 e. The highest BCUT2D eigenvalue weighted by molar-refractivity contribution is 5.83. The molecule has 0 saturated carbocycles. The monoisotopic (exact) mass is 393 g/mol. The van der Waals surface area contributed by atoms with Gasteiger partial charge in [-0.1, -0.05) is 18.2 Å². The second-order valence-corrected chi connectivity index (χ2v) is 7.41. The smallest absolute Gasteiger partial charge is 0.350 e. The van der Waals surface area contributed by atoms with Gasteiger partial charge in [-0.2, -0.15) is 5.10 Å². The number of hydrogen-bond donors (Lipinski definition) is 1. The van der Waals surface area contributed by atoms with Crippen LogP contribution < -0.4 is 11.0 Å². The summed E-state index contributed by atoms with van der Waals surface area (Å²) in [5.74, 6) is -0.112. The van der Waals surface area contributed by atoms with E-state index in [1.807, 2.05) is 51.1 Å². The maximum Gasteiger partial charge on any atom is 0.350 e. The Morgan fingerprint density at radius 1 is 1.24 bits per heavy atom. The fourth-order valence-electron chi connectivity index (χ4n) is 3.56. The van der Waals surface area contributed by atoms with Crippen molar-refractivity contribution in [2.45, 2.75) is 45.8 Å². The van der Waals surface area contributed by atoms with Crippen LogP contribution in [-0.4, -0.2) is 40.9 Å². The van der Waals surface area contributed by atoms with Crippen molar-refractivity contribution in [3.8, 4) is 0 Å². The third-order valence-electron chi connectivity index (χ3n) is 4.96. The Labute approximate surface area is 167 Å². The van der Waals surface area contributed by atoms with Crippen LogP contribution in [0.4, 0.5) is 0 Å². The molecule has 0 aliphatic rings. The number of aryl methyl sites for hydroxylation is 1. The first kappa shape index (κ1) is 18.9. The third-order valence-corrected chi connectivity index (χ3v) is 4.96. The molecule has 150 valence electrons. The van der Waals surface area contributed by atoms with E-state index in [-0.39, 0.29) is 36.6 Å². The number of amides is 1. The molecule has 9 heteroatoms. The van der Waals surface area contributed by atoms with Crippen molar-refractivity contribution in [1.82, 2.24) is 34.3 Å². The minimum Gasteiger partial charge on any atom is -0.352 e. The first-order chi connectivity index (χ1) is 13.9. The summed E-state index contributed by atoms with van der Waals surface area (Å²) in [6, 6.07) is 9.41. The molecular formula is C20H23N7O2. The van der Waals surface area contributed by atoms with Gasteiger partial charge < -0.3 is 5.32 Å². The van der Waals surface area contributed by atoms with Crippen LogP contribution in [0.1, 0.15) is 31.9 Å². The van der Waals surface area contributed by atoms with Crippen molar-refractivity contribution < 1.29 is 4.79 Å². The van der Waals surface area contributed by atoms with E-state index >= 15 is 0 Å². The van der Waals surface area contributed by atoms with Crippen molar-refractivity contribution in [3.05, 3.63) is 59.0 Å². The summed E-state index contributed by atoms with van der Waals surface area (Å²) >= 11 is 0. The van der Waals surface area contributed by atoms with Gasteiger partial charge in [-0.05, 0) is 43.9 Å². The molecule has 3 heterocycles. The van der Waals surface area contributed by atoms with Gasteiger partial charge in [0.25, 0.3) is 0 Å². The number of carbonyl (C=O) groups is 1. The predicted molar refractivity (Wildman–Crippen MR) is 109 cm³/mol. The molecule has 29 heavy (non-hydrogen) atoms. The van der Waals surface area contributed by atoms with E-state index in [4.69, 9.17) is 0 Å². The first-order valence-corrected chi connectivity index (χ1v) is 9.55. The van der Waals surface area contributed by atoms with Crippen LogP contribution in [0.5, 0.6) is 0 Å². The van der Waals surface area contributed by atoms with Gasteiger partial charge in [0.1, 0.15) is 12.7 Å². The van der Waals surface area contributed by atoms with E-state index in [2.05, 4.69) is 20.5 Å². The van der Waals surface area contributed by atoms with Gasteiger partial charge in [-0.3, -0.25) is 4.79 Å². The number of nitrogens with one attached hydrogen (secondary N) is 1. The van der Waals surface area contributed by atoms with Crippen LogP contribution in [0.25, 0.3) is 16.6 Å². The van der Waals surface area contributed by atoms with Crippen molar-refractivity contribution in [1.29, 1.82) is 0 Å². The standard InChI is InChI=1S/C20H23N7O2/c1-13-8-16-6-4-5-7-17(16)27-19(13)24-25(20(27)29)10-14(2)23-18(28)9-15(3)26-12-21-11-22-26/h4-8,11-12,14-15H,9-10H2,1-3H3,(H,23,28). The van der Waals surface area contributed by atoms with Crippen molar-refractivity contribution >= 4 is 22.5 Å². The Hall–Kier alpha value is -3.49. The molecule has 9 nitrogen and oxygen atoms in total. The molecule has 1 amide bonds. The molecule has 2 unspecified atom stereocenters. The van der Waals surface area contributed by atoms with Crippen LogP contribution in [-0.2, 0) is 11.3 Å². The van der Waals surface area contributed by atoms with E-state index in [0.29, 0.717) is 5.65 Å². The topological polar surface area (TPSA) is 99.1 Å². The van der Waals surface area contributed by atoms with Crippen molar-refractivity contribution in [3.63, 3.8) is 0 Å². The Bertz CT molecular complexity index is 1220. The number of carbonyl (C=O) groups excluding carboxylic acids is 1. The zero-order valence-electron chi connectivity index (χ0n) is 16.6. The van der Waals surface area contributed by atoms with E-state index in [0.717, 1.165) is 16.5 Å². The maximum absolute atomic E-state index is 13.0. The molecule has 2 atom stereocenters. The Morgan fingerprint density at radius 3 is 2.79 bits per heavy atom. The average molecular weight is 393 g/mol. The van der Waals surface area contributed by atoms with E-state index < -0.39 is 0 Å². The van der Waals surface area contributed by atoms with Gasteiger partial charge in [-0.25, -0.2) is 23.5 Å². The lowest BCUT2D eigenvalue weighted by molar-refractivity contribution is -0.122. The molecular weight excluding hydrogens is 370 g/mol. The van der Waals surface area contributed by atoms with E-state index in [1.54, 1.807) is 15.4 Å². The van der Waals surface area contributed by atoms with Gasteiger partial charge in [0, 0.05) is 12.5 Å². The molecule has 4 aromatic rings. The van der Waals surface area contributed by atoms with Gasteiger partial charge in [-0.15, -0.1) is 5.10 Å². The highest BCUT2D eigenvalue weighted by Crippen LogP contribution is 2.18. The highest BCUT2D eigenvalue weighted by atomic mass is 16.2. The summed E-state index contributed by atoms with van der Waals surface area (Å²) in [7, 11) is 0. The first-order valence-electron chi connectivity index (χ1n) is 9.55. The van der Waals surface area contributed by atoms with Crippen molar-refractivity contribution in [2.75, 3.05) is 0 Å². The fraction of sp³-hybridized carbons (Fsp3) is 0.350. The van der Waals surface area contributed by atoms with Gasteiger partial charge in [0.2, 0.25) is 5.91 Å². The summed E-state index contributed by atoms with van der Waals surface area (Å²) in [5, 5.41) is 12.5. The molecule has 0 spiro atoms. The molecule has 3 aromatic heterocycles. The minimum absolute atomic E-state index is 0.100. The number of para-hydroxylation sites is 1. The SMILES string of the molecule is Cc1cc2ccccc2n2c(=O)n(CC(C)NC(=O)CC(C)n3cncn3)nc12. The van der Waals surface area contributed by atoms with E-state index in [1.165, 1.54) is 11.0 Å². The molecule has 0 radical (unpaired) electrons. The molecule has 0 aliphatic heterocycles. The normalized spacial score (nSPS) is 13.6. The molecule has 0 aliphatic carbocycles. The lowest BCUT2D eigenvalue weighted by Crippen LogP contribution is -2.39. The van der Waals surface area contributed by atoms with Crippen LogP contribution in [0.3, 0.4) is 0 Å². The number of pyridine rings is 1.